The second kappa shape index (κ2) is 8.88. The van der Waals surface area contributed by atoms with Crippen LogP contribution in [0.2, 0.25) is 0 Å². The zero-order valence-electron chi connectivity index (χ0n) is 12.2. The fourth-order valence-electron chi connectivity index (χ4n) is 1.59. The van der Waals surface area contributed by atoms with E-state index in [4.69, 9.17) is 4.74 Å². The molecule has 0 amide bonds. The summed E-state index contributed by atoms with van der Waals surface area (Å²) in [5, 5.41) is 0. The number of esters is 1. The van der Waals surface area contributed by atoms with E-state index in [1.54, 1.807) is 0 Å². The number of benzene rings is 1. The van der Waals surface area contributed by atoms with Crippen molar-refractivity contribution in [3.8, 4) is 0 Å². The third-order valence-electron chi connectivity index (χ3n) is 2.79. The molecular weight excluding hydrogens is 337 g/mol. The van der Waals surface area contributed by atoms with Crippen LogP contribution in [-0.4, -0.2) is 26.5 Å². The Kier molecular flexibility index (Phi) is 7.50. The lowest BCUT2D eigenvalue weighted by Crippen LogP contribution is -2.25. The van der Waals surface area contributed by atoms with Gasteiger partial charge >= 0.3 is 21.6 Å². The highest BCUT2D eigenvalue weighted by molar-refractivity contribution is 7.87. The number of carbonyl (C=O) groups excluding carboxylic acids is 1. The van der Waals surface area contributed by atoms with E-state index in [1.807, 2.05) is 30.3 Å². The second-order valence-corrected chi connectivity index (χ2v) is 6.29. The van der Waals surface area contributed by atoms with Gasteiger partial charge in [-0.1, -0.05) is 36.8 Å². The molecule has 0 spiro atoms. The molecule has 0 aromatic heterocycles. The quantitative estimate of drug-likeness (QED) is 0.295. The number of halogens is 3. The summed E-state index contributed by atoms with van der Waals surface area (Å²) >= 11 is 0. The lowest BCUT2D eigenvalue weighted by molar-refractivity contribution is -0.145. The molecule has 130 valence electrons. The fraction of sp³-hybridized carbons (Fsp3) is 0.500. The van der Waals surface area contributed by atoms with Crippen molar-refractivity contribution >= 4 is 16.1 Å². The molecule has 1 aromatic carbocycles. The summed E-state index contributed by atoms with van der Waals surface area (Å²) in [6, 6.07) is 9.10. The van der Waals surface area contributed by atoms with Gasteiger partial charge in [0.05, 0.1) is 6.61 Å². The summed E-state index contributed by atoms with van der Waals surface area (Å²) in [6.07, 6.45) is 0.941. The molecule has 0 heterocycles. The van der Waals surface area contributed by atoms with Gasteiger partial charge in [-0.05, 0) is 18.4 Å². The maximum Gasteiger partial charge on any atom is 0.523 e. The molecule has 0 saturated heterocycles. The second-order valence-electron chi connectivity index (χ2n) is 4.68. The van der Waals surface area contributed by atoms with Crippen molar-refractivity contribution in [2.45, 2.75) is 37.8 Å². The van der Waals surface area contributed by atoms with Crippen LogP contribution in [0, 0.1) is 0 Å². The van der Waals surface area contributed by atoms with Crippen LogP contribution >= 0.6 is 0 Å². The van der Waals surface area contributed by atoms with Crippen molar-refractivity contribution in [3.63, 3.8) is 0 Å². The molecule has 0 fully saturated rings. The van der Waals surface area contributed by atoms with Crippen molar-refractivity contribution < 1.29 is 35.3 Å². The van der Waals surface area contributed by atoms with E-state index < -0.39 is 28.2 Å². The highest BCUT2D eigenvalue weighted by atomic mass is 32.2. The number of hydrogen-bond donors (Lipinski definition) is 0. The van der Waals surface area contributed by atoms with Crippen molar-refractivity contribution in [2.24, 2.45) is 0 Å². The minimum absolute atomic E-state index is 0.0985. The molecule has 0 bridgehead atoms. The number of carbonyl (C=O) groups is 1. The van der Waals surface area contributed by atoms with Gasteiger partial charge in [0.25, 0.3) is 0 Å². The number of ether oxygens (including phenoxy) is 1. The average Bonchev–Trinajstić information content (AvgIpc) is 2.48. The molecule has 0 unspecified atom stereocenters. The third kappa shape index (κ3) is 7.47. The van der Waals surface area contributed by atoms with Crippen molar-refractivity contribution in [1.82, 2.24) is 0 Å². The minimum Gasteiger partial charge on any atom is -0.461 e. The predicted molar refractivity (Wildman–Crippen MR) is 75.6 cm³/mol. The number of hydrogen-bond acceptors (Lipinski definition) is 5. The number of unbranched alkanes of at least 4 members (excludes halogenated alkanes) is 2. The molecule has 0 atom stereocenters. The Labute approximate surface area is 132 Å². The Bertz CT molecular complexity index is 584. The van der Waals surface area contributed by atoms with Crippen molar-refractivity contribution in [1.29, 1.82) is 0 Å². The molecule has 0 N–H and O–H groups in total. The summed E-state index contributed by atoms with van der Waals surface area (Å²) in [7, 11) is -5.53. The molecule has 1 rings (SSSR count). The molecule has 0 aliphatic heterocycles. The van der Waals surface area contributed by atoms with E-state index in [9.17, 15) is 26.4 Å². The maximum absolute atomic E-state index is 12.0. The molecule has 9 heteroatoms. The Morgan fingerprint density at radius 3 is 2.30 bits per heavy atom. The fourth-order valence-corrected chi connectivity index (χ4v) is 2.06. The maximum atomic E-state index is 12.0. The van der Waals surface area contributed by atoms with E-state index in [1.165, 1.54) is 0 Å². The highest BCUT2D eigenvalue weighted by Gasteiger charge is 2.47. The van der Waals surface area contributed by atoms with E-state index >= 15 is 0 Å². The molecule has 0 saturated carbocycles. The van der Waals surface area contributed by atoms with Gasteiger partial charge in [0, 0.05) is 6.42 Å². The highest BCUT2D eigenvalue weighted by Crippen LogP contribution is 2.24. The first-order valence-electron chi connectivity index (χ1n) is 6.87. The zero-order chi connectivity index (χ0) is 17.3. The van der Waals surface area contributed by atoms with Gasteiger partial charge in [-0.3, -0.25) is 8.98 Å². The summed E-state index contributed by atoms with van der Waals surface area (Å²) in [4.78, 5) is 11.4. The van der Waals surface area contributed by atoms with Gasteiger partial charge in [-0.2, -0.15) is 21.6 Å². The van der Waals surface area contributed by atoms with Crippen LogP contribution in [0.15, 0.2) is 30.3 Å². The molecule has 0 radical (unpaired) electrons. The van der Waals surface area contributed by atoms with Crippen LogP contribution in [0.25, 0.3) is 0 Å². The largest absolute Gasteiger partial charge is 0.523 e. The van der Waals surface area contributed by atoms with Crippen LogP contribution in [-0.2, 0) is 30.4 Å². The van der Waals surface area contributed by atoms with Crippen LogP contribution in [0.5, 0.6) is 0 Å². The third-order valence-corrected chi connectivity index (χ3v) is 3.83. The predicted octanol–water partition coefficient (Wildman–Crippen LogP) is 3.16. The SMILES string of the molecule is O=C(CCCCCOS(=O)(=O)C(F)(F)F)OCc1ccccc1. The Balaban J connectivity index is 2.10. The molecule has 0 aliphatic rings. The monoisotopic (exact) mass is 354 g/mol. The van der Waals surface area contributed by atoms with Gasteiger partial charge in [0.2, 0.25) is 0 Å². The smallest absolute Gasteiger partial charge is 0.461 e. The van der Waals surface area contributed by atoms with Gasteiger partial charge in [0.1, 0.15) is 6.61 Å². The Hall–Kier alpha value is -1.61. The lowest BCUT2D eigenvalue weighted by atomic mass is 10.2. The topological polar surface area (TPSA) is 69.7 Å². The van der Waals surface area contributed by atoms with E-state index in [0.717, 1.165) is 5.56 Å². The van der Waals surface area contributed by atoms with Crippen LogP contribution in [0.1, 0.15) is 31.2 Å². The summed E-state index contributed by atoms with van der Waals surface area (Å²) in [5.41, 5.74) is -4.56. The Morgan fingerprint density at radius 2 is 1.70 bits per heavy atom. The first-order valence-corrected chi connectivity index (χ1v) is 8.28. The molecule has 23 heavy (non-hydrogen) atoms. The van der Waals surface area contributed by atoms with Gasteiger partial charge in [-0.25, -0.2) is 0 Å². The van der Waals surface area contributed by atoms with Crippen molar-refractivity contribution in [2.75, 3.05) is 6.61 Å². The van der Waals surface area contributed by atoms with Gasteiger partial charge in [-0.15, -0.1) is 0 Å². The molecule has 1 aromatic rings. The first-order chi connectivity index (χ1) is 10.7. The molecule has 0 aliphatic carbocycles. The zero-order valence-corrected chi connectivity index (χ0v) is 13.0. The number of alkyl halides is 3. The summed E-state index contributed by atoms with van der Waals surface area (Å²) in [5.74, 6) is -0.419. The Morgan fingerprint density at radius 1 is 1.04 bits per heavy atom. The molecule has 5 nitrogen and oxygen atoms in total. The van der Waals surface area contributed by atoms with Crippen LogP contribution in [0.4, 0.5) is 13.2 Å². The normalized spacial score (nSPS) is 12.1. The van der Waals surface area contributed by atoms with E-state index in [2.05, 4.69) is 4.18 Å². The minimum atomic E-state index is -5.53. The molecular formula is C14H17F3O5S. The first kappa shape index (κ1) is 19.4. The summed E-state index contributed by atoms with van der Waals surface area (Å²) < 4.78 is 65.9. The van der Waals surface area contributed by atoms with Gasteiger partial charge < -0.3 is 4.74 Å². The summed E-state index contributed by atoms with van der Waals surface area (Å²) in [6.45, 7) is -0.409. The van der Waals surface area contributed by atoms with Crippen molar-refractivity contribution in [3.05, 3.63) is 35.9 Å². The average molecular weight is 354 g/mol. The lowest BCUT2D eigenvalue weighted by Gasteiger charge is -2.08. The van der Waals surface area contributed by atoms with E-state index in [-0.39, 0.29) is 19.4 Å². The van der Waals surface area contributed by atoms with Gasteiger partial charge in [0.15, 0.2) is 0 Å². The van der Waals surface area contributed by atoms with Crippen LogP contribution < -0.4 is 0 Å². The van der Waals surface area contributed by atoms with E-state index in [0.29, 0.717) is 12.8 Å². The number of rotatable bonds is 9. The standard InChI is InChI=1S/C14H17F3O5S/c15-14(16,17)23(19,20)22-10-6-2-5-9-13(18)21-11-12-7-3-1-4-8-12/h1,3-4,7-8H,2,5-6,9-11H2. The van der Waals surface area contributed by atoms with Crippen LogP contribution in [0.3, 0.4) is 0 Å².